The fourth-order valence-corrected chi connectivity index (χ4v) is 2.43. The molecule has 1 heterocycles. The van der Waals surface area contributed by atoms with Crippen LogP contribution in [0.1, 0.15) is 52.9 Å². The number of nitrogens with one attached hydrogen (secondary N) is 1. The highest BCUT2D eigenvalue weighted by molar-refractivity contribution is 4.75. The van der Waals surface area contributed by atoms with Crippen LogP contribution in [0.25, 0.3) is 0 Å². The fraction of sp³-hybridized carbons (Fsp3) is 1.00. The molecule has 1 saturated heterocycles. The van der Waals surface area contributed by atoms with Crippen LogP contribution in [-0.4, -0.2) is 25.3 Å². The molecule has 2 atom stereocenters. The fourth-order valence-electron chi connectivity index (χ4n) is 2.43. The standard InChI is InChI=1S/C13H27NO/c1-4-14-12(9-11(2)3)10-13-7-5-6-8-15-13/h11-14H,4-10H2,1-3H3. The summed E-state index contributed by atoms with van der Waals surface area (Å²) in [7, 11) is 0. The topological polar surface area (TPSA) is 21.3 Å². The van der Waals surface area contributed by atoms with Gasteiger partial charge in [-0.05, 0) is 44.6 Å². The second-order valence-corrected chi connectivity index (χ2v) is 5.11. The van der Waals surface area contributed by atoms with E-state index in [1.807, 2.05) is 0 Å². The van der Waals surface area contributed by atoms with Crippen molar-refractivity contribution in [3.63, 3.8) is 0 Å². The van der Waals surface area contributed by atoms with Gasteiger partial charge in [-0.25, -0.2) is 0 Å². The lowest BCUT2D eigenvalue weighted by Crippen LogP contribution is -2.35. The maximum atomic E-state index is 5.80. The molecule has 1 fully saturated rings. The van der Waals surface area contributed by atoms with Gasteiger partial charge in [-0.2, -0.15) is 0 Å². The molecule has 15 heavy (non-hydrogen) atoms. The van der Waals surface area contributed by atoms with Gasteiger partial charge >= 0.3 is 0 Å². The maximum absolute atomic E-state index is 5.80. The molecule has 1 N–H and O–H groups in total. The number of hydrogen-bond acceptors (Lipinski definition) is 2. The minimum Gasteiger partial charge on any atom is -0.378 e. The first-order valence-electron chi connectivity index (χ1n) is 6.57. The van der Waals surface area contributed by atoms with E-state index in [0.717, 1.165) is 19.1 Å². The minimum absolute atomic E-state index is 0.515. The Morgan fingerprint density at radius 1 is 1.33 bits per heavy atom. The summed E-state index contributed by atoms with van der Waals surface area (Å²) in [6.07, 6.45) is 6.86. The molecule has 0 radical (unpaired) electrons. The third-order valence-corrected chi connectivity index (χ3v) is 3.07. The van der Waals surface area contributed by atoms with Gasteiger partial charge in [-0.15, -0.1) is 0 Å². The summed E-state index contributed by atoms with van der Waals surface area (Å²) < 4.78 is 5.80. The van der Waals surface area contributed by atoms with Gasteiger partial charge in [0.1, 0.15) is 0 Å². The number of ether oxygens (including phenoxy) is 1. The molecule has 1 aliphatic rings. The molecule has 0 aromatic heterocycles. The van der Waals surface area contributed by atoms with E-state index >= 15 is 0 Å². The van der Waals surface area contributed by atoms with Gasteiger partial charge in [-0.1, -0.05) is 20.8 Å². The van der Waals surface area contributed by atoms with Crippen LogP contribution in [0.3, 0.4) is 0 Å². The first-order valence-corrected chi connectivity index (χ1v) is 6.57. The SMILES string of the molecule is CCNC(CC(C)C)CC1CCCCO1. The molecule has 0 aliphatic carbocycles. The Balaban J connectivity index is 2.28. The van der Waals surface area contributed by atoms with Crippen LogP contribution in [0.5, 0.6) is 0 Å². The van der Waals surface area contributed by atoms with E-state index in [4.69, 9.17) is 4.74 Å². The van der Waals surface area contributed by atoms with E-state index in [9.17, 15) is 0 Å². The monoisotopic (exact) mass is 213 g/mol. The third kappa shape index (κ3) is 5.53. The van der Waals surface area contributed by atoms with Crippen molar-refractivity contribution in [2.75, 3.05) is 13.2 Å². The smallest absolute Gasteiger partial charge is 0.0590 e. The average molecular weight is 213 g/mol. The van der Waals surface area contributed by atoms with Gasteiger partial charge < -0.3 is 10.1 Å². The summed E-state index contributed by atoms with van der Waals surface area (Å²) in [6, 6.07) is 0.651. The normalized spacial score (nSPS) is 24.4. The van der Waals surface area contributed by atoms with Gasteiger partial charge in [0.25, 0.3) is 0 Å². The molecule has 0 aromatic carbocycles. The molecule has 2 heteroatoms. The molecule has 1 rings (SSSR count). The molecule has 1 aliphatic heterocycles. The Kier molecular flexibility index (Phi) is 6.26. The summed E-state index contributed by atoms with van der Waals surface area (Å²) >= 11 is 0. The Morgan fingerprint density at radius 3 is 2.67 bits per heavy atom. The van der Waals surface area contributed by atoms with E-state index in [0.29, 0.717) is 12.1 Å². The van der Waals surface area contributed by atoms with E-state index in [2.05, 4.69) is 26.1 Å². The van der Waals surface area contributed by atoms with Crippen molar-refractivity contribution in [2.24, 2.45) is 5.92 Å². The molecule has 0 bridgehead atoms. The molecule has 2 nitrogen and oxygen atoms in total. The van der Waals surface area contributed by atoms with E-state index < -0.39 is 0 Å². The van der Waals surface area contributed by atoms with Crippen molar-refractivity contribution in [1.29, 1.82) is 0 Å². The van der Waals surface area contributed by atoms with Gasteiger partial charge in [0.05, 0.1) is 6.10 Å². The molecule has 0 saturated carbocycles. The molecular formula is C13H27NO. The van der Waals surface area contributed by atoms with E-state index in [-0.39, 0.29) is 0 Å². The molecule has 90 valence electrons. The van der Waals surface area contributed by atoms with Crippen molar-refractivity contribution in [2.45, 2.75) is 65.0 Å². The highest BCUT2D eigenvalue weighted by Gasteiger charge is 2.19. The van der Waals surface area contributed by atoms with Crippen LogP contribution in [0.15, 0.2) is 0 Å². The number of hydrogen-bond donors (Lipinski definition) is 1. The summed E-state index contributed by atoms with van der Waals surface area (Å²) in [5.74, 6) is 0.776. The largest absolute Gasteiger partial charge is 0.378 e. The van der Waals surface area contributed by atoms with Crippen molar-refractivity contribution < 1.29 is 4.74 Å². The molecule has 0 aromatic rings. The maximum Gasteiger partial charge on any atom is 0.0590 e. The summed E-state index contributed by atoms with van der Waals surface area (Å²) in [4.78, 5) is 0. The summed E-state index contributed by atoms with van der Waals surface area (Å²) in [6.45, 7) is 8.84. The van der Waals surface area contributed by atoms with Crippen molar-refractivity contribution in [1.82, 2.24) is 5.32 Å². The van der Waals surface area contributed by atoms with Crippen molar-refractivity contribution in [3.05, 3.63) is 0 Å². The Bertz CT molecular complexity index is 153. The first-order chi connectivity index (χ1) is 7.22. The van der Waals surface area contributed by atoms with Crippen LogP contribution in [0, 0.1) is 5.92 Å². The molecule has 2 unspecified atom stereocenters. The zero-order chi connectivity index (χ0) is 11.1. The lowest BCUT2D eigenvalue weighted by atomic mass is 9.95. The quantitative estimate of drug-likeness (QED) is 0.732. The molecule has 0 spiro atoms. The van der Waals surface area contributed by atoms with Gasteiger partial charge in [0.15, 0.2) is 0 Å². The second kappa shape index (κ2) is 7.24. The Morgan fingerprint density at radius 2 is 2.13 bits per heavy atom. The van der Waals surface area contributed by atoms with E-state index in [1.165, 1.54) is 32.1 Å². The van der Waals surface area contributed by atoms with Crippen molar-refractivity contribution in [3.8, 4) is 0 Å². The van der Waals surface area contributed by atoms with Crippen LogP contribution in [-0.2, 0) is 4.74 Å². The summed E-state index contributed by atoms with van der Waals surface area (Å²) in [5, 5.41) is 3.58. The predicted octanol–water partition coefficient (Wildman–Crippen LogP) is 2.97. The highest BCUT2D eigenvalue weighted by atomic mass is 16.5. The Labute approximate surface area is 94.8 Å². The van der Waals surface area contributed by atoms with Crippen LogP contribution < -0.4 is 5.32 Å². The van der Waals surface area contributed by atoms with Crippen LogP contribution >= 0.6 is 0 Å². The Hall–Kier alpha value is -0.0800. The zero-order valence-electron chi connectivity index (χ0n) is 10.6. The first kappa shape index (κ1) is 13.0. The van der Waals surface area contributed by atoms with Crippen molar-refractivity contribution >= 4 is 0 Å². The number of rotatable bonds is 6. The minimum atomic E-state index is 0.515. The average Bonchev–Trinajstić information content (AvgIpc) is 2.18. The van der Waals surface area contributed by atoms with E-state index in [1.54, 1.807) is 0 Å². The predicted molar refractivity (Wildman–Crippen MR) is 65.1 cm³/mol. The van der Waals surface area contributed by atoms with Crippen LogP contribution in [0.2, 0.25) is 0 Å². The second-order valence-electron chi connectivity index (χ2n) is 5.11. The third-order valence-electron chi connectivity index (χ3n) is 3.07. The molecule has 0 amide bonds. The van der Waals surface area contributed by atoms with Gasteiger partial charge in [0.2, 0.25) is 0 Å². The molecular weight excluding hydrogens is 186 g/mol. The zero-order valence-corrected chi connectivity index (χ0v) is 10.6. The highest BCUT2D eigenvalue weighted by Crippen LogP contribution is 2.19. The lowest BCUT2D eigenvalue weighted by Gasteiger charge is -2.28. The lowest BCUT2D eigenvalue weighted by molar-refractivity contribution is 0.00411. The summed E-state index contributed by atoms with van der Waals surface area (Å²) in [5.41, 5.74) is 0. The van der Waals surface area contributed by atoms with Crippen LogP contribution in [0.4, 0.5) is 0 Å². The van der Waals surface area contributed by atoms with Gasteiger partial charge in [0, 0.05) is 12.6 Å². The van der Waals surface area contributed by atoms with Gasteiger partial charge in [-0.3, -0.25) is 0 Å².